The molecule has 0 saturated heterocycles. The third-order valence-electron chi connectivity index (χ3n) is 2.37. The van der Waals surface area contributed by atoms with Gasteiger partial charge < -0.3 is 4.74 Å². The van der Waals surface area contributed by atoms with Gasteiger partial charge in [-0.1, -0.05) is 17.7 Å². The SMILES string of the molecule is C=CCCCCCOc1cc(Cl)ccc1C#N. The minimum atomic E-state index is 0.528. The molecule has 90 valence electrons. The summed E-state index contributed by atoms with van der Waals surface area (Å²) in [6.07, 6.45) is 6.18. The summed E-state index contributed by atoms with van der Waals surface area (Å²) in [4.78, 5) is 0. The number of rotatable bonds is 7. The van der Waals surface area contributed by atoms with Gasteiger partial charge in [-0.25, -0.2) is 0 Å². The predicted octanol–water partition coefficient (Wildman–Crippen LogP) is 4.34. The Balaban J connectivity index is 2.38. The molecule has 0 saturated carbocycles. The first-order chi connectivity index (χ1) is 8.27. The molecule has 0 amide bonds. The molecule has 0 aliphatic heterocycles. The van der Waals surface area contributed by atoms with Crippen LogP contribution in [0.4, 0.5) is 0 Å². The first-order valence-electron chi connectivity index (χ1n) is 5.71. The number of unbranched alkanes of at least 4 members (excludes halogenated alkanes) is 3. The van der Waals surface area contributed by atoms with Crippen molar-refractivity contribution in [1.29, 1.82) is 5.26 Å². The van der Waals surface area contributed by atoms with E-state index in [1.165, 1.54) is 0 Å². The second-order valence-electron chi connectivity index (χ2n) is 3.74. The standard InChI is InChI=1S/C14H16ClNO/c1-2-3-4-5-6-9-17-14-10-13(15)8-7-12(14)11-16/h2,7-8,10H,1,3-6,9H2. The van der Waals surface area contributed by atoms with Crippen molar-refractivity contribution in [1.82, 2.24) is 0 Å². The third-order valence-corrected chi connectivity index (χ3v) is 2.61. The highest BCUT2D eigenvalue weighted by molar-refractivity contribution is 6.30. The van der Waals surface area contributed by atoms with Gasteiger partial charge in [0.2, 0.25) is 0 Å². The van der Waals surface area contributed by atoms with Gasteiger partial charge in [0.05, 0.1) is 12.2 Å². The Labute approximate surface area is 107 Å². The van der Waals surface area contributed by atoms with Crippen LogP contribution in [0.5, 0.6) is 5.75 Å². The minimum absolute atomic E-state index is 0.528. The first-order valence-corrected chi connectivity index (χ1v) is 6.09. The molecular weight excluding hydrogens is 234 g/mol. The van der Waals surface area contributed by atoms with Crippen molar-refractivity contribution in [2.75, 3.05) is 6.61 Å². The number of allylic oxidation sites excluding steroid dienone is 1. The van der Waals surface area contributed by atoms with Gasteiger partial charge in [-0.3, -0.25) is 0 Å². The molecule has 0 heterocycles. The maximum atomic E-state index is 8.90. The number of nitrogens with zero attached hydrogens (tertiary/aromatic N) is 1. The molecule has 1 aromatic carbocycles. The Morgan fingerprint density at radius 3 is 2.88 bits per heavy atom. The number of hydrogen-bond acceptors (Lipinski definition) is 2. The van der Waals surface area contributed by atoms with Gasteiger partial charge >= 0.3 is 0 Å². The number of nitriles is 1. The van der Waals surface area contributed by atoms with Crippen molar-refractivity contribution in [2.45, 2.75) is 25.7 Å². The summed E-state index contributed by atoms with van der Waals surface area (Å²) >= 11 is 5.85. The zero-order valence-electron chi connectivity index (χ0n) is 9.79. The molecule has 0 aromatic heterocycles. The van der Waals surface area contributed by atoms with Gasteiger partial charge in [0.25, 0.3) is 0 Å². The summed E-state index contributed by atoms with van der Waals surface area (Å²) in [7, 11) is 0. The van der Waals surface area contributed by atoms with Gasteiger partial charge in [-0.2, -0.15) is 5.26 Å². The summed E-state index contributed by atoms with van der Waals surface area (Å²) in [6.45, 7) is 4.29. The van der Waals surface area contributed by atoms with Gasteiger partial charge in [-0.15, -0.1) is 6.58 Å². The Morgan fingerprint density at radius 1 is 1.35 bits per heavy atom. The molecule has 0 spiro atoms. The van der Waals surface area contributed by atoms with E-state index in [0.29, 0.717) is 22.9 Å². The average molecular weight is 250 g/mol. The Bertz CT molecular complexity index is 409. The Kier molecular flexibility index (Phi) is 6.21. The van der Waals surface area contributed by atoms with E-state index >= 15 is 0 Å². The molecule has 0 unspecified atom stereocenters. The highest BCUT2D eigenvalue weighted by Crippen LogP contribution is 2.22. The zero-order chi connectivity index (χ0) is 12.5. The molecule has 0 aliphatic carbocycles. The quantitative estimate of drug-likeness (QED) is 0.532. The monoisotopic (exact) mass is 249 g/mol. The van der Waals surface area contributed by atoms with Gasteiger partial charge in [0.1, 0.15) is 11.8 Å². The van der Waals surface area contributed by atoms with E-state index in [0.717, 1.165) is 25.7 Å². The maximum absolute atomic E-state index is 8.90. The lowest BCUT2D eigenvalue weighted by Gasteiger charge is -2.07. The van der Waals surface area contributed by atoms with Crippen LogP contribution in [0.1, 0.15) is 31.2 Å². The highest BCUT2D eigenvalue weighted by atomic mass is 35.5. The smallest absolute Gasteiger partial charge is 0.138 e. The van der Waals surface area contributed by atoms with E-state index in [9.17, 15) is 0 Å². The Hall–Kier alpha value is -1.46. The number of halogens is 1. The molecule has 3 heteroatoms. The lowest BCUT2D eigenvalue weighted by atomic mass is 10.2. The molecule has 1 rings (SSSR count). The van der Waals surface area contributed by atoms with Crippen LogP contribution in [-0.4, -0.2) is 6.61 Å². The summed E-state index contributed by atoms with van der Waals surface area (Å²) in [6, 6.07) is 7.14. The van der Waals surface area contributed by atoms with Crippen LogP contribution in [0, 0.1) is 11.3 Å². The van der Waals surface area contributed by atoms with E-state index in [-0.39, 0.29) is 0 Å². The summed E-state index contributed by atoms with van der Waals surface area (Å²) < 4.78 is 5.56. The van der Waals surface area contributed by atoms with Crippen LogP contribution in [0.3, 0.4) is 0 Å². The van der Waals surface area contributed by atoms with E-state index in [2.05, 4.69) is 12.6 Å². The molecule has 0 N–H and O–H groups in total. The Morgan fingerprint density at radius 2 is 2.18 bits per heavy atom. The van der Waals surface area contributed by atoms with Crippen LogP contribution < -0.4 is 4.74 Å². The van der Waals surface area contributed by atoms with Crippen LogP contribution in [0.15, 0.2) is 30.9 Å². The molecule has 1 aromatic rings. The maximum Gasteiger partial charge on any atom is 0.138 e. The van der Waals surface area contributed by atoms with Crippen LogP contribution >= 0.6 is 11.6 Å². The molecule has 0 aliphatic rings. The van der Waals surface area contributed by atoms with Crippen molar-refractivity contribution in [3.63, 3.8) is 0 Å². The number of benzene rings is 1. The molecular formula is C14H16ClNO. The normalized spacial score (nSPS) is 9.65. The van der Waals surface area contributed by atoms with Crippen molar-refractivity contribution < 1.29 is 4.74 Å². The van der Waals surface area contributed by atoms with Gasteiger partial charge in [0.15, 0.2) is 0 Å². The summed E-state index contributed by atoms with van der Waals surface area (Å²) in [5.41, 5.74) is 0.528. The minimum Gasteiger partial charge on any atom is -0.492 e. The van der Waals surface area contributed by atoms with Crippen molar-refractivity contribution in [3.05, 3.63) is 41.4 Å². The van der Waals surface area contributed by atoms with E-state index in [1.54, 1.807) is 18.2 Å². The molecule has 2 nitrogen and oxygen atoms in total. The van der Waals surface area contributed by atoms with Gasteiger partial charge in [0, 0.05) is 11.1 Å². The first kappa shape index (κ1) is 13.6. The fourth-order valence-corrected chi connectivity index (χ4v) is 1.62. The lowest BCUT2D eigenvalue weighted by molar-refractivity contribution is 0.304. The second-order valence-corrected chi connectivity index (χ2v) is 4.18. The number of ether oxygens (including phenoxy) is 1. The fourth-order valence-electron chi connectivity index (χ4n) is 1.46. The van der Waals surface area contributed by atoms with Crippen molar-refractivity contribution in [3.8, 4) is 11.8 Å². The average Bonchev–Trinajstić information content (AvgIpc) is 2.34. The lowest BCUT2D eigenvalue weighted by Crippen LogP contribution is -1.99. The van der Waals surface area contributed by atoms with Crippen LogP contribution in [0.25, 0.3) is 0 Å². The van der Waals surface area contributed by atoms with Crippen molar-refractivity contribution in [2.24, 2.45) is 0 Å². The van der Waals surface area contributed by atoms with Crippen LogP contribution in [0.2, 0.25) is 5.02 Å². The largest absolute Gasteiger partial charge is 0.492 e. The topological polar surface area (TPSA) is 33.0 Å². The van der Waals surface area contributed by atoms with E-state index < -0.39 is 0 Å². The van der Waals surface area contributed by atoms with Crippen LogP contribution in [-0.2, 0) is 0 Å². The van der Waals surface area contributed by atoms with Crippen molar-refractivity contribution >= 4 is 11.6 Å². The molecule has 0 atom stereocenters. The van der Waals surface area contributed by atoms with E-state index in [4.69, 9.17) is 21.6 Å². The van der Waals surface area contributed by atoms with Gasteiger partial charge in [-0.05, 0) is 37.8 Å². The molecule has 0 bridgehead atoms. The zero-order valence-corrected chi connectivity index (χ0v) is 10.5. The summed E-state index contributed by atoms with van der Waals surface area (Å²) in [5.74, 6) is 0.573. The highest BCUT2D eigenvalue weighted by Gasteiger charge is 2.03. The summed E-state index contributed by atoms with van der Waals surface area (Å²) in [5, 5.41) is 9.49. The third kappa shape index (κ3) is 4.93. The predicted molar refractivity (Wildman–Crippen MR) is 70.3 cm³/mol. The second kappa shape index (κ2) is 7.76. The molecule has 0 fully saturated rings. The fraction of sp³-hybridized carbons (Fsp3) is 0.357. The number of hydrogen-bond donors (Lipinski definition) is 0. The van der Waals surface area contributed by atoms with E-state index in [1.807, 2.05) is 6.08 Å². The molecule has 17 heavy (non-hydrogen) atoms. The molecule has 0 radical (unpaired) electrons.